The number of phenolic OH excluding ortho intramolecular Hbond substituents is 1. The van der Waals surface area contributed by atoms with Gasteiger partial charge in [0.1, 0.15) is 0 Å². The number of ether oxygens (including phenoxy) is 3. The molecule has 2 aromatic carbocycles. The number of hydrogen-bond donors (Lipinski definition) is 2. The van der Waals surface area contributed by atoms with E-state index in [-0.39, 0.29) is 35.1 Å². The van der Waals surface area contributed by atoms with E-state index in [0.29, 0.717) is 5.56 Å². The van der Waals surface area contributed by atoms with Gasteiger partial charge in [0.15, 0.2) is 23.0 Å². The van der Waals surface area contributed by atoms with Crippen molar-refractivity contribution >= 4 is 5.91 Å². The van der Waals surface area contributed by atoms with Crippen LogP contribution in [0, 0.1) is 0 Å². The Morgan fingerprint density at radius 1 is 1.08 bits per heavy atom. The zero-order valence-electron chi connectivity index (χ0n) is 13.6. The minimum absolute atomic E-state index is 0.0125. The van der Waals surface area contributed by atoms with Crippen molar-refractivity contribution in [1.29, 1.82) is 0 Å². The van der Waals surface area contributed by atoms with Crippen LogP contribution >= 0.6 is 0 Å². The molecule has 6 nitrogen and oxygen atoms in total. The van der Waals surface area contributed by atoms with E-state index in [1.54, 1.807) is 12.1 Å². The number of phenols is 1. The molecule has 1 amide bonds. The van der Waals surface area contributed by atoms with Gasteiger partial charge in [0.05, 0.1) is 14.2 Å². The number of benzene rings is 2. The first kappa shape index (κ1) is 18.3. The summed E-state index contributed by atoms with van der Waals surface area (Å²) in [4.78, 5) is 12.2. The van der Waals surface area contributed by atoms with Gasteiger partial charge in [-0.05, 0) is 35.9 Å². The molecule has 0 radical (unpaired) electrons. The van der Waals surface area contributed by atoms with E-state index in [4.69, 9.17) is 9.47 Å². The van der Waals surface area contributed by atoms with E-state index in [1.807, 2.05) is 0 Å². The third-order valence-electron chi connectivity index (χ3n) is 3.34. The summed E-state index contributed by atoms with van der Waals surface area (Å²) in [6.07, 6.45) is 0. The molecule has 134 valence electrons. The number of nitrogens with one attached hydrogen (secondary N) is 1. The van der Waals surface area contributed by atoms with Crippen molar-refractivity contribution < 1.29 is 32.9 Å². The Labute approximate surface area is 142 Å². The lowest BCUT2D eigenvalue weighted by molar-refractivity contribution is -0.0512. The fourth-order valence-electron chi connectivity index (χ4n) is 2.12. The summed E-state index contributed by atoms with van der Waals surface area (Å²) >= 11 is 0. The third-order valence-corrected chi connectivity index (χ3v) is 3.34. The Morgan fingerprint density at radius 2 is 1.80 bits per heavy atom. The highest BCUT2D eigenvalue weighted by Crippen LogP contribution is 2.29. The maximum Gasteiger partial charge on any atom is 0.387 e. The molecular weight excluding hydrogens is 336 g/mol. The van der Waals surface area contributed by atoms with Crippen molar-refractivity contribution in [1.82, 2.24) is 5.32 Å². The van der Waals surface area contributed by atoms with Gasteiger partial charge in [0.2, 0.25) is 0 Å². The second-order valence-electron chi connectivity index (χ2n) is 4.93. The zero-order chi connectivity index (χ0) is 18.4. The Morgan fingerprint density at radius 3 is 2.44 bits per heavy atom. The summed E-state index contributed by atoms with van der Waals surface area (Å²) < 4.78 is 39.1. The number of halogens is 2. The van der Waals surface area contributed by atoms with E-state index in [0.717, 1.165) is 0 Å². The summed E-state index contributed by atoms with van der Waals surface area (Å²) in [6.45, 7) is -2.87. The average Bonchev–Trinajstić information content (AvgIpc) is 2.60. The largest absolute Gasteiger partial charge is 0.504 e. The first-order chi connectivity index (χ1) is 11.9. The topological polar surface area (TPSA) is 77.0 Å². The van der Waals surface area contributed by atoms with E-state index in [2.05, 4.69) is 10.1 Å². The highest BCUT2D eigenvalue weighted by Gasteiger charge is 2.14. The molecule has 0 aliphatic heterocycles. The van der Waals surface area contributed by atoms with Gasteiger partial charge in [-0.25, -0.2) is 0 Å². The molecule has 0 atom stereocenters. The van der Waals surface area contributed by atoms with Crippen LogP contribution in [-0.2, 0) is 6.54 Å². The standard InChI is InChI=1S/C17H17F2NO5/c1-23-13-6-4-11(8-15(13)25-17(18)19)16(22)20-9-10-3-5-12(21)14(7-10)24-2/h3-8,17,21H,9H2,1-2H3,(H,20,22). The summed E-state index contributed by atoms with van der Waals surface area (Å²) in [5.74, 6) is -0.337. The van der Waals surface area contributed by atoms with Gasteiger partial charge in [-0.1, -0.05) is 6.07 Å². The highest BCUT2D eigenvalue weighted by atomic mass is 19.3. The maximum atomic E-state index is 12.4. The molecule has 0 spiro atoms. The minimum atomic E-state index is -3.03. The van der Waals surface area contributed by atoms with E-state index in [1.165, 1.54) is 38.5 Å². The van der Waals surface area contributed by atoms with Gasteiger partial charge in [0.25, 0.3) is 5.91 Å². The van der Waals surface area contributed by atoms with Crippen LogP contribution in [0.5, 0.6) is 23.0 Å². The monoisotopic (exact) mass is 353 g/mol. The lowest BCUT2D eigenvalue weighted by Gasteiger charge is -2.12. The zero-order valence-corrected chi connectivity index (χ0v) is 13.6. The van der Waals surface area contributed by atoms with E-state index >= 15 is 0 Å². The van der Waals surface area contributed by atoms with Crippen LogP contribution in [0.3, 0.4) is 0 Å². The van der Waals surface area contributed by atoms with Crippen molar-refractivity contribution in [2.24, 2.45) is 0 Å². The summed E-state index contributed by atoms with van der Waals surface area (Å²) in [7, 11) is 2.73. The number of amides is 1. The van der Waals surface area contributed by atoms with Crippen molar-refractivity contribution in [3.8, 4) is 23.0 Å². The Balaban J connectivity index is 2.10. The third kappa shape index (κ3) is 4.72. The molecule has 0 fully saturated rings. The Kier molecular flexibility index (Phi) is 5.99. The molecule has 0 unspecified atom stereocenters. The smallest absolute Gasteiger partial charge is 0.387 e. The normalized spacial score (nSPS) is 10.4. The molecule has 0 saturated heterocycles. The van der Waals surface area contributed by atoms with Gasteiger partial charge in [-0.2, -0.15) is 8.78 Å². The predicted molar refractivity (Wildman–Crippen MR) is 85.5 cm³/mol. The molecule has 0 aromatic heterocycles. The predicted octanol–water partition coefficient (Wildman–Crippen LogP) is 2.94. The lowest BCUT2D eigenvalue weighted by atomic mass is 10.1. The van der Waals surface area contributed by atoms with Crippen molar-refractivity contribution in [3.05, 3.63) is 47.5 Å². The highest BCUT2D eigenvalue weighted by molar-refractivity contribution is 5.94. The molecule has 0 saturated carbocycles. The second kappa shape index (κ2) is 8.18. The molecule has 0 aliphatic rings. The van der Waals surface area contributed by atoms with Gasteiger partial charge in [-0.15, -0.1) is 0 Å². The van der Waals surface area contributed by atoms with E-state index in [9.17, 15) is 18.7 Å². The van der Waals surface area contributed by atoms with Crippen molar-refractivity contribution in [2.45, 2.75) is 13.2 Å². The van der Waals surface area contributed by atoms with Gasteiger partial charge >= 0.3 is 6.61 Å². The van der Waals surface area contributed by atoms with Crippen LogP contribution in [0.15, 0.2) is 36.4 Å². The van der Waals surface area contributed by atoms with Crippen LogP contribution < -0.4 is 19.5 Å². The van der Waals surface area contributed by atoms with Crippen LogP contribution in [0.2, 0.25) is 0 Å². The molecule has 0 heterocycles. The molecule has 2 rings (SSSR count). The SMILES string of the molecule is COc1cc(CNC(=O)c2ccc(OC)c(OC(F)F)c2)ccc1O. The van der Waals surface area contributed by atoms with Gasteiger partial charge < -0.3 is 24.6 Å². The molecule has 0 bridgehead atoms. The Hall–Kier alpha value is -3.03. The molecule has 25 heavy (non-hydrogen) atoms. The molecule has 8 heteroatoms. The Bertz CT molecular complexity index is 752. The number of carbonyl (C=O) groups is 1. The summed E-state index contributed by atoms with van der Waals surface area (Å²) in [5.41, 5.74) is 0.836. The van der Waals surface area contributed by atoms with Crippen LogP contribution in [0.1, 0.15) is 15.9 Å². The number of methoxy groups -OCH3 is 2. The number of rotatable bonds is 7. The van der Waals surface area contributed by atoms with Gasteiger partial charge in [-0.3, -0.25) is 4.79 Å². The molecule has 0 aliphatic carbocycles. The molecular formula is C17H17F2NO5. The number of aromatic hydroxyl groups is 1. The summed E-state index contributed by atoms with van der Waals surface area (Å²) in [5, 5.41) is 12.2. The summed E-state index contributed by atoms with van der Waals surface area (Å²) in [6, 6.07) is 8.63. The maximum absolute atomic E-state index is 12.4. The van der Waals surface area contributed by atoms with Gasteiger partial charge in [0, 0.05) is 12.1 Å². The number of hydrogen-bond acceptors (Lipinski definition) is 5. The lowest BCUT2D eigenvalue weighted by Crippen LogP contribution is -2.23. The van der Waals surface area contributed by atoms with Crippen molar-refractivity contribution in [2.75, 3.05) is 14.2 Å². The van der Waals surface area contributed by atoms with Crippen LogP contribution in [0.25, 0.3) is 0 Å². The first-order valence-electron chi connectivity index (χ1n) is 7.21. The fourth-order valence-corrected chi connectivity index (χ4v) is 2.12. The van der Waals surface area contributed by atoms with Crippen LogP contribution in [0.4, 0.5) is 8.78 Å². The molecule has 2 N–H and O–H groups in total. The second-order valence-corrected chi connectivity index (χ2v) is 4.93. The number of alkyl halides is 2. The quantitative estimate of drug-likeness (QED) is 0.800. The molecule has 2 aromatic rings. The minimum Gasteiger partial charge on any atom is -0.504 e. The number of carbonyl (C=O) groups excluding carboxylic acids is 1. The van der Waals surface area contributed by atoms with Crippen molar-refractivity contribution in [3.63, 3.8) is 0 Å². The van der Waals surface area contributed by atoms with E-state index < -0.39 is 12.5 Å². The first-order valence-corrected chi connectivity index (χ1v) is 7.21. The fraction of sp³-hybridized carbons (Fsp3) is 0.235. The van der Waals surface area contributed by atoms with Crippen LogP contribution in [-0.4, -0.2) is 31.8 Å². The average molecular weight is 353 g/mol.